The first-order valence-electron chi connectivity index (χ1n) is 9.73. The fourth-order valence-electron chi connectivity index (χ4n) is 3.20. The lowest BCUT2D eigenvalue weighted by atomic mass is 9.99. The van der Waals surface area contributed by atoms with Gasteiger partial charge in [-0.05, 0) is 49.9 Å². The summed E-state index contributed by atoms with van der Waals surface area (Å²) in [5, 5.41) is 3.43. The van der Waals surface area contributed by atoms with E-state index >= 15 is 0 Å². The van der Waals surface area contributed by atoms with Gasteiger partial charge < -0.3 is 15.0 Å². The molecule has 0 saturated carbocycles. The average molecular weight is 434 g/mol. The highest BCUT2D eigenvalue weighted by Gasteiger charge is 2.20. The number of benzene rings is 1. The van der Waals surface area contributed by atoms with Crippen LogP contribution in [0.5, 0.6) is 5.75 Å². The number of nitrogens with one attached hydrogen (secondary N) is 1. The average Bonchev–Trinajstić information content (AvgIpc) is 3.08. The minimum Gasteiger partial charge on any atom is -0.497 e. The number of ether oxygens (including phenoxy) is 1. The van der Waals surface area contributed by atoms with Gasteiger partial charge in [-0.15, -0.1) is 23.1 Å². The Bertz CT molecular complexity index is 843. The summed E-state index contributed by atoms with van der Waals surface area (Å²) in [4.78, 5) is 32.0. The highest BCUT2D eigenvalue weighted by molar-refractivity contribution is 8.00. The van der Waals surface area contributed by atoms with Crippen LogP contribution < -0.4 is 10.1 Å². The van der Waals surface area contributed by atoms with E-state index in [4.69, 9.17) is 4.74 Å². The topological polar surface area (TPSA) is 71.5 Å². The molecule has 156 valence electrons. The third-order valence-corrected chi connectivity index (χ3v) is 6.81. The van der Waals surface area contributed by atoms with Gasteiger partial charge in [0.1, 0.15) is 5.75 Å². The van der Waals surface area contributed by atoms with E-state index in [1.165, 1.54) is 23.1 Å². The van der Waals surface area contributed by atoms with Gasteiger partial charge in [0.2, 0.25) is 11.8 Å². The third kappa shape index (κ3) is 5.96. The van der Waals surface area contributed by atoms with Crippen LogP contribution in [0.3, 0.4) is 0 Å². The summed E-state index contributed by atoms with van der Waals surface area (Å²) < 4.78 is 5.19. The Kier molecular flexibility index (Phi) is 7.55. The molecule has 8 heteroatoms. The highest BCUT2D eigenvalue weighted by atomic mass is 32.2. The summed E-state index contributed by atoms with van der Waals surface area (Å²) in [7, 11) is 1.63. The number of hydrogen-bond donors (Lipinski definition) is 1. The molecule has 1 fully saturated rings. The second-order valence-corrected chi connectivity index (χ2v) is 9.45. The Hall–Kier alpha value is -2.06. The summed E-state index contributed by atoms with van der Waals surface area (Å²) in [6.07, 6.45) is 2.13. The van der Waals surface area contributed by atoms with Crippen molar-refractivity contribution in [2.45, 2.75) is 26.7 Å². The summed E-state index contributed by atoms with van der Waals surface area (Å²) in [5.74, 6) is 2.07. The van der Waals surface area contributed by atoms with E-state index in [2.05, 4.69) is 17.2 Å². The molecule has 0 atom stereocenters. The van der Waals surface area contributed by atoms with Crippen LogP contribution in [-0.2, 0) is 9.59 Å². The predicted octanol–water partition coefficient (Wildman–Crippen LogP) is 4.06. The van der Waals surface area contributed by atoms with Crippen LogP contribution in [0.2, 0.25) is 0 Å². The Morgan fingerprint density at radius 3 is 2.59 bits per heavy atom. The number of aromatic nitrogens is 1. The maximum atomic E-state index is 12.2. The van der Waals surface area contributed by atoms with Gasteiger partial charge in [0.25, 0.3) is 0 Å². The van der Waals surface area contributed by atoms with Crippen molar-refractivity contribution in [2.75, 3.05) is 37.0 Å². The molecule has 1 aliphatic heterocycles. The minimum atomic E-state index is -0.134. The zero-order valence-electron chi connectivity index (χ0n) is 17.1. The van der Waals surface area contributed by atoms with E-state index in [1.807, 2.05) is 36.1 Å². The molecule has 2 aromatic rings. The number of rotatable bonds is 7. The summed E-state index contributed by atoms with van der Waals surface area (Å²) in [6.45, 7) is 5.87. The molecule has 1 aromatic carbocycles. The number of thioether (sulfide) groups is 1. The van der Waals surface area contributed by atoms with Crippen LogP contribution >= 0.6 is 23.1 Å². The number of amides is 2. The summed E-state index contributed by atoms with van der Waals surface area (Å²) in [5.41, 5.74) is 1.84. The van der Waals surface area contributed by atoms with E-state index in [-0.39, 0.29) is 17.6 Å². The monoisotopic (exact) mass is 433 g/mol. The van der Waals surface area contributed by atoms with Crippen molar-refractivity contribution in [2.24, 2.45) is 5.92 Å². The molecule has 6 nitrogen and oxygen atoms in total. The van der Waals surface area contributed by atoms with Gasteiger partial charge in [0.05, 0.1) is 24.3 Å². The maximum Gasteiger partial charge on any atom is 0.236 e. The largest absolute Gasteiger partial charge is 0.497 e. The zero-order valence-corrected chi connectivity index (χ0v) is 18.7. The second-order valence-electron chi connectivity index (χ2n) is 7.26. The van der Waals surface area contributed by atoms with Crippen molar-refractivity contribution < 1.29 is 14.3 Å². The highest BCUT2D eigenvalue weighted by Crippen LogP contribution is 2.31. The van der Waals surface area contributed by atoms with Crippen LogP contribution in [0, 0.1) is 12.8 Å². The van der Waals surface area contributed by atoms with Crippen molar-refractivity contribution in [3.63, 3.8) is 0 Å². The number of hydrogen-bond acceptors (Lipinski definition) is 6. The van der Waals surface area contributed by atoms with Crippen molar-refractivity contribution in [1.29, 1.82) is 0 Å². The summed E-state index contributed by atoms with van der Waals surface area (Å²) in [6, 6.07) is 7.69. The Morgan fingerprint density at radius 2 is 1.93 bits per heavy atom. The Morgan fingerprint density at radius 1 is 1.24 bits per heavy atom. The molecule has 0 spiro atoms. The van der Waals surface area contributed by atoms with E-state index in [1.54, 1.807) is 7.11 Å². The van der Waals surface area contributed by atoms with Crippen molar-refractivity contribution in [3.8, 4) is 17.0 Å². The number of nitrogens with zero attached hydrogens (tertiary/aromatic N) is 2. The molecule has 29 heavy (non-hydrogen) atoms. The van der Waals surface area contributed by atoms with Gasteiger partial charge in [-0.3, -0.25) is 9.59 Å². The van der Waals surface area contributed by atoms with E-state index < -0.39 is 0 Å². The molecule has 0 unspecified atom stereocenters. The van der Waals surface area contributed by atoms with Crippen LogP contribution in [0.15, 0.2) is 24.3 Å². The molecule has 1 aromatic heterocycles. The van der Waals surface area contributed by atoms with E-state index in [0.717, 1.165) is 47.8 Å². The zero-order chi connectivity index (χ0) is 20.8. The number of aryl methyl sites for hydroxylation is 1. The predicted molar refractivity (Wildman–Crippen MR) is 120 cm³/mol. The quantitative estimate of drug-likeness (QED) is 0.713. The molecular formula is C21H27N3O3S2. The molecule has 0 radical (unpaired) electrons. The third-order valence-electron chi connectivity index (χ3n) is 5.00. The number of likely N-dealkylation sites (tertiary alicyclic amines) is 1. The van der Waals surface area contributed by atoms with Crippen LogP contribution in [0.1, 0.15) is 24.6 Å². The number of piperidine rings is 1. The SMILES string of the molecule is COc1ccc(-c2nc(NC(=O)CSCC(=O)N3CCC(C)CC3)sc2C)cc1. The van der Waals surface area contributed by atoms with Crippen molar-refractivity contribution >= 4 is 40.0 Å². The van der Waals surface area contributed by atoms with Crippen LogP contribution in [-0.4, -0.2) is 53.4 Å². The molecule has 1 saturated heterocycles. The minimum absolute atomic E-state index is 0.126. The van der Waals surface area contributed by atoms with Gasteiger partial charge in [-0.25, -0.2) is 4.98 Å². The first kappa shape index (κ1) is 21.6. The Balaban J connectivity index is 1.47. The van der Waals surface area contributed by atoms with Crippen LogP contribution in [0.25, 0.3) is 11.3 Å². The fraction of sp³-hybridized carbons (Fsp3) is 0.476. The molecule has 0 bridgehead atoms. The summed E-state index contributed by atoms with van der Waals surface area (Å²) >= 11 is 2.81. The molecule has 1 aliphatic rings. The number of carbonyl (C=O) groups is 2. The number of thiazole rings is 1. The van der Waals surface area contributed by atoms with Crippen molar-refractivity contribution in [1.82, 2.24) is 9.88 Å². The smallest absolute Gasteiger partial charge is 0.236 e. The molecule has 0 aliphatic carbocycles. The van der Waals surface area contributed by atoms with Gasteiger partial charge >= 0.3 is 0 Å². The fourth-order valence-corrected chi connectivity index (χ4v) is 4.77. The van der Waals surface area contributed by atoms with Crippen molar-refractivity contribution in [3.05, 3.63) is 29.1 Å². The lowest BCUT2D eigenvalue weighted by molar-refractivity contribution is -0.129. The van der Waals surface area contributed by atoms with Gasteiger partial charge in [0, 0.05) is 23.5 Å². The maximum absolute atomic E-state index is 12.2. The molecule has 2 amide bonds. The lowest BCUT2D eigenvalue weighted by Gasteiger charge is -2.30. The number of carbonyl (C=O) groups excluding carboxylic acids is 2. The van der Waals surface area contributed by atoms with Gasteiger partial charge in [-0.2, -0.15) is 0 Å². The van der Waals surface area contributed by atoms with Gasteiger partial charge in [-0.1, -0.05) is 6.92 Å². The molecular weight excluding hydrogens is 406 g/mol. The number of anilines is 1. The second kappa shape index (κ2) is 10.1. The number of methoxy groups -OCH3 is 1. The molecule has 3 rings (SSSR count). The van der Waals surface area contributed by atoms with Gasteiger partial charge in [0.15, 0.2) is 5.13 Å². The molecule has 1 N–H and O–H groups in total. The Labute approximate surface area is 180 Å². The van der Waals surface area contributed by atoms with E-state index in [0.29, 0.717) is 16.8 Å². The van der Waals surface area contributed by atoms with Crippen LogP contribution in [0.4, 0.5) is 5.13 Å². The first-order valence-corrected chi connectivity index (χ1v) is 11.7. The van der Waals surface area contributed by atoms with E-state index in [9.17, 15) is 9.59 Å². The molecule has 2 heterocycles. The lowest BCUT2D eigenvalue weighted by Crippen LogP contribution is -2.39. The normalized spacial score (nSPS) is 14.7. The first-order chi connectivity index (χ1) is 14.0. The standard InChI is InChI=1S/C21H27N3O3S2/c1-14-8-10-24(11-9-14)19(26)13-28-12-18(25)22-21-23-20(15(2)29-21)16-4-6-17(27-3)7-5-16/h4-7,14H,8-13H2,1-3H3,(H,22,23,25).